The Morgan fingerprint density at radius 1 is 1.29 bits per heavy atom. The van der Waals surface area contributed by atoms with E-state index in [9.17, 15) is 14.4 Å². The summed E-state index contributed by atoms with van der Waals surface area (Å²) in [5.74, 6) is -1.20. The molecule has 98 valence electrons. The number of hydrogen-bond acceptors (Lipinski definition) is 4. The summed E-state index contributed by atoms with van der Waals surface area (Å²) < 4.78 is 4.63. The van der Waals surface area contributed by atoms with E-state index in [1.165, 1.54) is 7.11 Å². The zero-order valence-electron chi connectivity index (χ0n) is 9.36. The summed E-state index contributed by atoms with van der Waals surface area (Å²) in [4.78, 5) is 32.1. The first-order chi connectivity index (χ1) is 7.97. The normalized spacial score (nSPS) is 11.4. The number of ether oxygens (including phenoxy) is 1. The Bertz CT molecular complexity index is 283. The number of carboxylic acid groups (broad SMARTS) is 1. The number of primary amides is 1. The van der Waals surface area contributed by atoms with Crippen LogP contribution in [0.2, 0.25) is 0 Å². The molecule has 0 fully saturated rings. The lowest BCUT2D eigenvalue weighted by Gasteiger charge is -2.14. The van der Waals surface area contributed by atoms with Crippen LogP contribution < -0.4 is 21.7 Å². The van der Waals surface area contributed by atoms with Crippen LogP contribution in [-0.4, -0.2) is 56.0 Å². The molecule has 0 aliphatic rings. The third-order valence-corrected chi connectivity index (χ3v) is 1.65. The molecule has 0 bridgehead atoms. The van der Waals surface area contributed by atoms with Crippen molar-refractivity contribution in [1.29, 1.82) is 0 Å². The first kappa shape index (κ1) is 15.0. The van der Waals surface area contributed by atoms with Crippen LogP contribution >= 0.6 is 0 Å². The van der Waals surface area contributed by atoms with Crippen molar-refractivity contribution >= 4 is 18.0 Å². The van der Waals surface area contributed by atoms with Gasteiger partial charge in [0.05, 0.1) is 6.61 Å². The predicted molar refractivity (Wildman–Crippen MR) is 57.4 cm³/mol. The predicted octanol–water partition coefficient (Wildman–Crippen LogP) is -1.95. The number of nitrogens with one attached hydrogen (secondary N) is 3. The smallest absolute Gasteiger partial charge is 0.328 e. The van der Waals surface area contributed by atoms with Crippen LogP contribution in [0.4, 0.5) is 9.59 Å². The molecule has 0 aromatic heterocycles. The molecule has 1 atom stereocenters. The van der Waals surface area contributed by atoms with Gasteiger partial charge in [-0.2, -0.15) is 0 Å². The Morgan fingerprint density at radius 2 is 1.88 bits per heavy atom. The molecular weight excluding hydrogens is 232 g/mol. The number of rotatable bonds is 7. The molecule has 0 heterocycles. The highest BCUT2D eigenvalue weighted by Gasteiger charge is 2.19. The number of amides is 4. The summed E-state index contributed by atoms with van der Waals surface area (Å²) in [6, 6.07) is -2.49. The fraction of sp³-hybridized carbons (Fsp3) is 0.625. The number of aliphatic carboxylic acids is 1. The van der Waals surface area contributed by atoms with Crippen molar-refractivity contribution in [1.82, 2.24) is 16.0 Å². The summed E-state index contributed by atoms with van der Waals surface area (Å²) in [5.41, 5.74) is 4.80. The number of carbonyl (C=O) groups is 3. The fourth-order valence-electron chi connectivity index (χ4n) is 0.912. The quantitative estimate of drug-likeness (QED) is 0.333. The van der Waals surface area contributed by atoms with Gasteiger partial charge in [0.2, 0.25) is 0 Å². The zero-order valence-corrected chi connectivity index (χ0v) is 9.36. The van der Waals surface area contributed by atoms with E-state index in [-0.39, 0.29) is 19.7 Å². The third kappa shape index (κ3) is 7.85. The molecule has 4 amide bonds. The van der Waals surface area contributed by atoms with Crippen molar-refractivity contribution < 1.29 is 24.2 Å². The molecule has 0 saturated carbocycles. The number of hydrogen-bond donors (Lipinski definition) is 5. The van der Waals surface area contributed by atoms with Gasteiger partial charge in [0.25, 0.3) is 0 Å². The molecule has 0 aliphatic heterocycles. The van der Waals surface area contributed by atoms with E-state index in [1.54, 1.807) is 0 Å². The molecule has 9 nitrogen and oxygen atoms in total. The van der Waals surface area contributed by atoms with Gasteiger partial charge < -0.3 is 31.5 Å². The summed E-state index contributed by atoms with van der Waals surface area (Å²) in [6.45, 7) is 0.154. The monoisotopic (exact) mass is 248 g/mol. The molecule has 9 heteroatoms. The summed E-state index contributed by atoms with van der Waals surface area (Å²) in [7, 11) is 1.33. The Hall–Kier alpha value is -2.03. The topological polar surface area (TPSA) is 143 Å². The SMILES string of the molecule is COCC(NC(=O)NCCNC(N)=O)C(=O)O. The van der Waals surface area contributed by atoms with Crippen LogP contribution in [0.1, 0.15) is 0 Å². The fourth-order valence-corrected chi connectivity index (χ4v) is 0.912. The van der Waals surface area contributed by atoms with E-state index in [2.05, 4.69) is 20.7 Å². The molecule has 0 spiro atoms. The van der Waals surface area contributed by atoms with Crippen LogP contribution in [0, 0.1) is 0 Å². The largest absolute Gasteiger partial charge is 0.480 e. The van der Waals surface area contributed by atoms with E-state index in [0.29, 0.717) is 0 Å². The highest BCUT2D eigenvalue weighted by atomic mass is 16.5. The highest BCUT2D eigenvalue weighted by molar-refractivity contribution is 5.82. The van der Waals surface area contributed by atoms with Crippen molar-refractivity contribution in [2.75, 3.05) is 26.8 Å². The molecule has 6 N–H and O–H groups in total. The maximum absolute atomic E-state index is 11.2. The molecule has 0 aromatic carbocycles. The average molecular weight is 248 g/mol. The molecule has 1 unspecified atom stereocenters. The second kappa shape index (κ2) is 8.16. The molecule has 0 saturated heterocycles. The third-order valence-electron chi connectivity index (χ3n) is 1.65. The van der Waals surface area contributed by atoms with Crippen LogP contribution in [0.3, 0.4) is 0 Å². The number of carbonyl (C=O) groups excluding carboxylic acids is 2. The number of methoxy groups -OCH3 is 1. The van der Waals surface area contributed by atoms with Gasteiger partial charge in [-0.1, -0.05) is 0 Å². The second-order valence-electron chi connectivity index (χ2n) is 3.04. The Labute approximate surface area is 97.7 Å². The van der Waals surface area contributed by atoms with E-state index in [1.807, 2.05) is 0 Å². The maximum atomic E-state index is 11.2. The Kier molecular flexibility index (Phi) is 7.19. The number of carboxylic acids is 1. The molecule has 0 aliphatic carbocycles. The number of urea groups is 2. The van der Waals surface area contributed by atoms with Gasteiger partial charge in [0.15, 0.2) is 6.04 Å². The molecular formula is C8H16N4O5. The van der Waals surface area contributed by atoms with Gasteiger partial charge in [-0.3, -0.25) is 0 Å². The van der Waals surface area contributed by atoms with Crippen molar-refractivity contribution in [3.8, 4) is 0 Å². The standard InChI is InChI=1S/C8H16N4O5/c1-17-4-5(6(13)14)12-8(16)11-3-2-10-7(9)15/h5H,2-4H2,1H3,(H,13,14)(H3,9,10,15)(H2,11,12,16). The lowest BCUT2D eigenvalue weighted by Crippen LogP contribution is -2.49. The van der Waals surface area contributed by atoms with E-state index in [0.717, 1.165) is 0 Å². The molecule has 0 radical (unpaired) electrons. The molecule has 0 rings (SSSR count). The first-order valence-corrected chi connectivity index (χ1v) is 4.76. The van der Waals surface area contributed by atoms with Crippen molar-refractivity contribution in [2.45, 2.75) is 6.04 Å². The molecule has 17 heavy (non-hydrogen) atoms. The first-order valence-electron chi connectivity index (χ1n) is 4.76. The minimum atomic E-state index is -1.20. The van der Waals surface area contributed by atoms with Crippen molar-refractivity contribution in [3.05, 3.63) is 0 Å². The summed E-state index contributed by atoms with van der Waals surface area (Å²) in [6.07, 6.45) is 0. The van der Waals surface area contributed by atoms with Crippen LogP contribution in [0.5, 0.6) is 0 Å². The minimum Gasteiger partial charge on any atom is -0.480 e. The van der Waals surface area contributed by atoms with Crippen LogP contribution in [0.15, 0.2) is 0 Å². The van der Waals surface area contributed by atoms with Gasteiger partial charge in [-0.05, 0) is 0 Å². The summed E-state index contributed by atoms with van der Waals surface area (Å²) in [5, 5.41) is 15.5. The van der Waals surface area contributed by atoms with Gasteiger partial charge in [0, 0.05) is 20.2 Å². The van der Waals surface area contributed by atoms with E-state index in [4.69, 9.17) is 10.8 Å². The van der Waals surface area contributed by atoms with Crippen molar-refractivity contribution in [3.63, 3.8) is 0 Å². The van der Waals surface area contributed by atoms with Gasteiger partial charge >= 0.3 is 18.0 Å². The van der Waals surface area contributed by atoms with Gasteiger partial charge in [-0.25, -0.2) is 14.4 Å². The molecule has 0 aromatic rings. The van der Waals surface area contributed by atoms with Crippen molar-refractivity contribution in [2.24, 2.45) is 5.73 Å². The van der Waals surface area contributed by atoms with Gasteiger partial charge in [0.1, 0.15) is 0 Å². The lowest BCUT2D eigenvalue weighted by molar-refractivity contribution is -0.140. The van der Waals surface area contributed by atoms with Crippen LogP contribution in [0.25, 0.3) is 0 Å². The Morgan fingerprint density at radius 3 is 2.35 bits per heavy atom. The lowest BCUT2D eigenvalue weighted by atomic mass is 10.3. The van der Waals surface area contributed by atoms with E-state index < -0.39 is 24.1 Å². The Balaban J connectivity index is 3.82. The van der Waals surface area contributed by atoms with Crippen LogP contribution in [-0.2, 0) is 9.53 Å². The van der Waals surface area contributed by atoms with Gasteiger partial charge in [-0.15, -0.1) is 0 Å². The maximum Gasteiger partial charge on any atom is 0.328 e. The second-order valence-corrected chi connectivity index (χ2v) is 3.04. The highest BCUT2D eigenvalue weighted by Crippen LogP contribution is 1.85. The van der Waals surface area contributed by atoms with E-state index >= 15 is 0 Å². The minimum absolute atomic E-state index is 0.133. The number of nitrogens with two attached hydrogens (primary N) is 1. The summed E-state index contributed by atoms with van der Waals surface area (Å²) >= 11 is 0. The average Bonchev–Trinajstić information content (AvgIpc) is 2.23. The zero-order chi connectivity index (χ0) is 13.3.